The minimum absolute atomic E-state index is 0.159. The maximum Gasteiger partial charge on any atom is 0.264 e. The summed E-state index contributed by atoms with van der Waals surface area (Å²) in [5.41, 5.74) is 2.05. The van der Waals surface area contributed by atoms with E-state index in [9.17, 15) is 13.2 Å². The molecular formula is C19H22N2O4S. The third kappa shape index (κ3) is 3.73. The molecule has 2 aromatic carbocycles. The van der Waals surface area contributed by atoms with E-state index in [1.165, 1.54) is 4.31 Å². The molecule has 0 saturated carbocycles. The Bertz CT molecular complexity index is 882. The lowest BCUT2D eigenvalue weighted by atomic mass is 10.1. The lowest BCUT2D eigenvalue weighted by Gasteiger charge is -2.19. The largest absolute Gasteiger partial charge is 0.385 e. The molecule has 0 spiro atoms. The quantitative estimate of drug-likeness (QED) is 0.754. The Morgan fingerprint density at radius 2 is 1.96 bits per heavy atom. The molecule has 0 saturated heterocycles. The van der Waals surface area contributed by atoms with Gasteiger partial charge in [-0.3, -0.25) is 9.10 Å². The van der Waals surface area contributed by atoms with Crippen molar-refractivity contribution in [3.8, 4) is 0 Å². The van der Waals surface area contributed by atoms with Crippen molar-refractivity contribution in [2.45, 2.75) is 17.7 Å². The maximum absolute atomic E-state index is 12.9. The second-order valence-corrected chi connectivity index (χ2v) is 7.95. The third-order valence-electron chi connectivity index (χ3n) is 4.34. The first-order valence-electron chi connectivity index (χ1n) is 8.52. The molecule has 6 nitrogen and oxygen atoms in total. The average Bonchev–Trinajstić information content (AvgIpc) is 3.10. The maximum atomic E-state index is 12.9. The van der Waals surface area contributed by atoms with E-state index in [1.54, 1.807) is 55.6 Å². The van der Waals surface area contributed by atoms with Crippen LogP contribution in [0.5, 0.6) is 0 Å². The molecule has 0 aromatic heterocycles. The number of rotatable bonds is 7. The molecule has 0 fully saturated rings. The summed E-state index contributed by atoms with van der Waals surface area (Å²) in [5, 5.41) is 2.84. The van der Waals surface area contributed by atoms with Crippen molar-refractivity contribution < 1.29 is 17.9 Å². The summed E-state index contributed by atoms with van der Waals surface area (Å²) in [6.45, 7) is 1.51. The van der Waals surface area contributed by atoms with Crippen LogP contribution in [0.15, 0.2) is 53.4 Å². The molecule has 138 valence electrons. The van der Waals surface area contributed by atoms with E-state index < -0.39 is 10.0 Å². The minimum Gasteiger partial charge on any atom is -0.385 e. The van der Waals surface area contributed by atoms with Crippen LogP contribution in [0.25, 0.3) is 0 Å². The summed E-state index contributed by atoms with van der Waals surface area (Å²) < 4.78 is 32.1. The Kier molecular flexibility index (Phi) is 5.58. The normalized spacial score (nSPS) is 13.5. The number of nitrogens with zero attached hydrogens (tertiary/aromatic N) is 1. The van der Waals surface area contributed by atoms with Gasteiger partial charge in [0.2, 0.25) is 0 Å². The molecule has 0 atom stereocenters. The first-order valence-corrected chi connectivity index (χ1v) is 9.96. The molecule has 2 aromatic rings. The van der Waals surface area contributed by atoms with Gasteiger partial charge in [-0.25, -0.2) is 8.42 Å². The van der Waals surface area contributed by atoms with Gasteiger partial charge < -0.3 is 10.1 Å². The van der Waals surface area contributed by atoms with Crippen LogP contribution >= 0.6 is 0 Å². The summed E-state index contributed by atoms with van der Waals surface area (Å²) in [5.74, 6) is -0.159. The Morgan fingerprint density at radius 3 is 2.69 bits per heavy atom. The summed E-state index contributed by atoms with van der Waals surface area (Å²) in [7, 11) is -1.96. The summed E-state index contributed by atoms with van der Waals surface area (Å²) in [4.78, 5) is 12.5. The van der Waals surface area contributed by atoms with E-state index in [0.717, 1.165) is 12.0 Å². The van der Waals surface area contributed by atoms with Gasteiger partial charge in [0.05, 0.1) is 10.6 Å². The Balaban J connectivity index is 1.77. The number of benzene rings is 2. The van der Waals surface area contributed by atoms with E-state index in [2.05, 4.69) is 5.32 Å². The Morgan fingerprint density at radius 1 is 1.19 bits per heavy atom. The molecule has 1 aliphatic rings. The summed E-state index contributed by atoms with van der Waals surface area (Å²) in [6.07, 6.45) is 1.34. The van der Waals surface area contributed by atoms with Gasteiger partial charge in [-0.05, 0) is 48.7 Å². The van der Waals surface area contributed by atoms with Crippen LogP contribution in [-0.2, 0) is 21.2 Å². The van der Waals surface area contributed by atoms with Crippen LogP contribution in [-0.4, -0.2) is 41.1 Å². The van der Waals surface area contributed by atoms with Crippen molar-refractivity contribution in [1.82, 2.24) is 5.32 Å². The number of hydrogen-bond donors (Lipinski definition) is 1. The average molecular weight is 374 g/mol. The lowest BCUT2D eigenvalue weighted by Crippen LogP contribution is -2.29. The molecule has 0 bridgehead atoms. The van der Waals surface area contributed by atoms with Crippen LogP contribution in [0.4, 0.5) is 5.69 Å². The fourth-order valence-electron chi connectivity index (χ4n) is 3.00. The monoisotopic (exact) mass is 374 g/mol. The van der Waals surface area contributed by atoms with Gasteiger partial charge >= 0.3 is 0 Å². The van der Waals surface area contributed by atoms with Crippen molar-refractivity contribution in [1.29, 1.82) is 0 Å². The topological polar surface area (TPSA) is 75.7 Å². The van der Waals surface area contributed by atoms with Crippen LogP contribution in [0.1, 0.15) is 22.3 Å². The van der Waals surface area contributed by atoms with E-state index in [4.69, 9.17) is 4.74 Å². The van der Waals surface area contributed by atoms with E-state index in [1.807, 2.05) is 0 Å². The van der Waals surface area contributed by atoms with Crippen molar-refractivity contribution >= 4 is 21.6 Å². The lowest BCUT2D eigenvalue weighted by molar-refractivity contribution is 0.0948. The summed E-state index contributed by atoms with van der Waals surface area (Å²) >= 11 is 0. The third-order valence-corrected chi connectivity index (χ3v) is 6.16. The van der Waals surface area contributed by atoms with Gasteiger partial charge in [-0.15, -0.1) is 0 Å². The predicted octanol–water partition coefficient (Wildman–Crippen LogP) is 2.20. The predicted molar refractivity (Wildman–Crippen MR) is 99.9 cm³/mol. The first-order chi connectivity index (χ1) is 12.5. The molecule has 0 unspecified atom stereocenters. The smallest absolute Gasteiger partial charge is 0.264 e. The molecule has 1 amide bonds. The molecule has 1 aliphatic heterocycles. The van der Waals surface area contributed by atoms with Gasteiger partial charge in [0.15, 0.2) is 0 Å². The van der Waals surface area contributed by atoms with Crippen LogP contribution < -0.4 is 9.62 Å². The molecule has 7 heteroatoms. The van der Waals surface area contributed by atoms with Crippen LogP contribution in [0, 0.1) is 0 Å². The molecule has 0 radical (unpaired) electrons. The fourth-order valence-corrected chi connectivity index (χ4v) is 4.53. The highest BCUT2D eigenvalue weighted by Crippen LogP contribution is 2.33. The minimum atomic E-state index is -3.59. The second kappa shape index (κ2) is 7.88. The summed E-state index contributed by atoms with van der Waals surface area (Å²) in [6, 6.07) is 13.6. The second-order valence-electron chi connectivity index (χ2n) is 6.09. The fraction of sp³-hybridized carbons (Fsp3) is 0.316. The van der Waals surface area contributed by atoms with Gasteiger partial charge in [0, 0.05) is 32.4 Å². The number of sulfonamides is 1. The van der Waals surface area contributed by atoms with Gasteiger partial charge in [0.25, 0.3) is 15.9 Å². The molecule has 26 heavy (non-hydrogen) atoms. The number of methoxy groups -OCH3 is 1. The van der Waals surface area contributed by atoms with Gasteiger partial charge in [-0.1, -0.05) is 18.2 Å². The molecule has 3 rings (SSSR count). The number of amides is 1. The van der Waals surface area contributed by atoms with E-state index in [-0.39, 0.29) is 10.8 Å². The van der Waals surface area contributed by atoms with E-state index in [0.29, 0.717) is 37.4 Å². The number of carbonyl (C=O) groups is 1. The number of carbonyl (C=O) groups excluding carboxylic acids is 1. The zero-order chi connectivity index (χ0) is 18.6. The number of hydrogen-bond acceptors (Lipinski definition) is 4. The zero-order valence-electron chi connectivity index (χ0n) is 14.6. The number of nitrogens with one attached hydrogen (secondary N) is 1. The Labute approximate surface area is 153 Å². The highest BCUT2D eigenvalue weighted by Gasteiger charge is 2.31. The molecule has 1 heterocycles. The SMILES string of the molecule is COCCCNC(=O)c1ccc2c(c1)CCN2S(=O)(=O)c1ccccc1. The van der Waals surface area contributed by atoms with Gasteiger partial charge in [-0.2, -0.15) is 0 Å². The molecule has 0 aliphatic carbocycles. The highest BCUT2D eigenvalue weighted by molar-refractivity contribution is 7.92. The highest BCUT2D eigenvalue weighted by atomic mass is 32.2. The van der Waals surface area contributed by atoms with Crippen LogP contribution in [0.2, 0.25) is 0 Å². The molecular weight excluding hydrogens is 352 g/mol. The number of ether oxygens (including phenoxy) is 1. The first kappa shape index (κ1) is 18.4. The molecule has 1 N–H and O–H groups in total. The van der Waals surface area contributed by atoms with Crippen molar-refractivity contribution in [2.75, 3.05) is 31.1 Å². The van der Waals surface area contributed by atoms with E-state index >= 15 is 0 Å². The number of fused-ring (bicyclic) bond motifs is 1. The van der Waals surface area contributed by atoms with Gasteiger partial charge in [0.1, 0.15) is 0 Å². The Hall–Kier alpha value is -2.38. The van der Waals surface area contributed by atoms with Crippen LogP contribution in [0.3, 0.4) is 0 Å². The zero-order valence-corrected chi connectivity index (χ0v) is 15.5. The van der Waals surface area contributed by atoms with Crippen molar-refractivity contribution in [2.24, 2.45) is 0 Å². The van der Waals surface area contributed by atoms with Crippen molar-refractivity contribution in [3.63, 3.8) is 0 Å². The number of anilines is 1. The van der Waals surface area contributed by atoms with Crippen molar-refractivity contribution in [3.05, 3.63) is 59.7 Å². The standard InChI is InChI=1S/C19H22N2O4S/c1-25-13-5-11-20-19(22)16-8-9-18-15(14-16)10-12-21(18)26(23,24)17-6-3-2-4-7-17/h2-4,6-9,14H,5,10-13H2,1H3,(H,20,22).